The molecule has 0 saturated heterocycles. The van der Waals surface area contributed by atoms with Gasteiger partial charge in [-0.1, -0.05) is 6.07 Å². The van der Waals surface area contributed by atoms with E-state index in [1.807, 2.05) is 6.07 Å². The summed E-state index contributed by atoms with van der Waals surface area (Å²) < 4.78 is 57.2. The number of hydrogen-bond acceptors (Lipinski definition) is 4. The van der Waals surface area contributed by atoms with Crippen molar-refractivity contribution in [3.8, 4) is 22.6 Å². The zero-order valence-electron chi connectivity index (χ0n) is 17.8. The third kappa shape index (κ3) is 5.84. The SMILES string of the molecule is Cn1cc(-c2cc(CCNS(=O)O)ccc2Oc2ccc(F)cc2F)c(NC2CC2)cc1=O. The maximum absolute atomic E-state index is 14.3. The van der Waals surface area contributed by atoms with E-state index in [1.54, 1.807) is 25.4 Å². The van der Waals surface area contributed by atoms with E-state index in [9.17, 15) is 17.8 Å². The molecular formula is C23H23F2N3O4S. The van der Waals surface area contributed by atoms with Gasteiger partial charge in [-0.15, -0.1) is 0 Å². The molecule has 1 aliphatic carbocycles. The van der Waals surface area contributed by atoms with E-state index in [1.165, 1.54) is 16.7 Å². The van der Waals surface area contributed by atoms with Gasteiger partial charge in [-0.3, -0.25) is 9.35 Å². The first-order valence-corrected chi connectivity index (χ1v) is 11.5. The van der Waals surface area contributed by atoms with E-state index in [0.29, 0.717) is 29.0 Å². The first kappa shape index (κ1) is 23.1. The minimum absolute atomic E-state index is 0.135. The Bertz CT molecular complexity index is 1260. The molecule has 7 nitrogen and oxygen atoms in total. The van der Waals surface area contributed by atoms with Gasteiger partial charge in [0.15, 0.2) is 11.6 Å². The van der Waals surface area contributed by atoms with Crippen molar-refractivity contribution in [1.29, 1.82) is 0 Å². The lowest BCUT2D eigenvalue weighted by molar-refractivity contribution is 0.439. The summed E-state index contributed by atoms with van der Waals surface area (Å²) in [6.45, 7) is 0.260. The van der Waals surface area contributed by atoms with Crippen molar-refractivity contribution in [2.45, 2.75) is 25.3 Å². The summed E-state index contributed by atoms with van der Waals surface area (Å²) in [4.78, 5) is 12.3. The molecule has 33 heavy (non-hydrogen) atoms. The summed E-state index contributed by atoms with van der Waals surface area (Å²) in [5.74, 6) is -1.36. The van der Waals surface area contributed by atoms with Crippen LogP contribution in [0.2, 0.25) is 0 Å². The van der Waals surface area contributed by atoms with E-state index < -0.39 is 22.9 Å². The highest BCUT2D eigenvalue weighted by Crippen LogP contribution is 2.39. The summed E-state index contributed by atoms with van der Waals surface area (Å²) in [6, 6.07) is 10.1. The average molecular weight is 476 g/mol. The lowest BCUT2D eigenvalue weighted by atomic mass is 10.00. The average Bonchev–Trinajstić information content (AvgIpc) is 3.57. The molecule has 3 aromatic rings. The van der Waals surface area contributed by atoms with Crippen molar-refractivity contribution in [2.75, 3.05) is 11.9 Å². The van der Waals surface area contributed by atoms with Gasteiger partial charge in [0.05, 0.1) is 0 Å². The van der Waals surface area contributed by atoms with Gasteiger partial charge in [0.1, 0.15) is 11.6 Å². The molecule has 4 rings (SSSR count). The third-order valence-corrected chi connectivity index (χ3v) is 5.70. The summed E-state index contributed by atoms with van der Waals surface area (Å²) in [5, 5.41) is 3.36. The highest BCUT2D eigenvalue weighted by Gasteiger charge is 2.24. The topological polar surface area (TPSA) is 92.6 Å². The van der Waals surface area contributed by atoms with Gasteiger partial charge >= 0.3 is 0 Å². The van der Waals surface area contributed by atoms with Crippen molar-refractivity contribution >= 4 is 17.0 Å². The lowest BCUT2D eigenvalue weighted by Gasteiger charge is -2.18. The van der Waals surface area contributed by atoms with Gasteiger partial charge in [0.2, 0.25) is 11.3 Å². The third-order valence-electron chi connectivity index (χ3n) is 5.25. The molecule has 1 fully saturated rings. The number of halogens is 2. The van der Waals surface area contributed by atoms with Gasteiger partial charge < -0.3 is 14.6 Å². The monoisotopic (exact) mass is 475 g/mol. The summed E-state index contributed by atoms with van der Waals surface area (Å²) in [6.07, 6.45) is 4.13. The Kier molecular flexibility index (Phi) is 6.87. The number of pyridine rings is 1. The summed E-state index contributed by atoms with van der Waals surface area (Å²) in [5.41, 5.74) is 2.57. The molecule has 1 unspecified atom stereocenters. The second-order valence-corrected chi connectivity index (χ2v) is 8.66. The molecule has 1 aromatic heterocycles. The molecule has 0 spiro atoms. The zero-order chi connectivity index (χ0) is 23.5. The fourth-order valence-corrected chi connectivity index (χ4v) is 3.68. The maximum atomic E-state index is 14.3. The van der Waals surface area contributed by atoms with Crippen LogP contribution in [-0.4, -0.2) is 25.9 Å². The molecule has 0 aliphatic heterocycles. The predicted molar refractivity (Wildman–Crippen MR) is 123 cm³/mol. The molecule has 3 N–H and O–H groups in total. The summed E-state index contributed by atoms with van der Waals surface area (Å²) in [7, 11) is 1.64. The minimum atomic E-state index is -2.12. The number of hydrogen-bond donors (Lipinski definition) is 3. The standard InChI is InChI=1S/C23H23F2N3O4S/c1-28-13-18(20(12-23(28)29)27-16-4-5-16)17-10-14(8-9-26-33(30)31)2-6-21(17)32-22-7-3-15(24)11-19(22)25/h2-3,6-7,10-13,16,26-27H,4-5,8-9H2,1H3,(H,30,31). The van der Waals surface area contributed by atoms with Gasteiger partial charge in [-0.05, 0) is 49.1 Å². The van der Waals surface area contributed by atoms with Crippen LogP contribution in [0, 0.1) is 11.6 Å². The van der Waals surface area contributed by atoms with Crippen molar-refractivity contribution in [3.05, 3.63) is 76.2 Å². The molecule has 174 valence electrons. The quantitative estimate of drug-likeness (QED) is 0.408. The largest absolute Gasteiger partial charge is 0.454 e. The first-order chi connectivity index (χ1) is 15.8. The van der Waals surface area contributed by atoms with Gasteiger partial charge in [0.25, 0.3) is 5.56 Å². The molecule has 0 amide bonds. The number of benzene rings is 2. The number of nitrogens with zero attached hydrogens (tertiary/aromatic N) is 1. The van der Waals surface area contributed by atoms with Crippen molar-refractivity contribution in [2.24, 2.45) is 7.05 Å². The van der Waals surface area contributed by atoms with Crippen LogP contribution in [-0.2, 0) is 24.7 Å². The van der Waals surface area contributed by atoms with E-state index in [-0.39, 0.29) is 23.9 Å². The smallest absolute Gasteiger partial charge is 0.252 e. The van der Waals surface area contributed by atoms with Gasteiger partial charge in [-0.25, -0.2) is 17.7 Å². The molecule has 0 radical (unpaired) electrons. The minimum Gasteiger partial charge on any atom is -0.454 e. The molecule has 2 aromatic carbocycles. The Morgan fingerprint density at radius 2 is 1.88 bits per heavy atom. The number of anilines is 1. The lowest BCUT2D eigenvalue weighted by Crippen LogP contribution is -2.19. The van der Waals surface area contributed by atoms with Crippen molar-refractivity contribution in [3.63, 3.8) is 0 Å². The molecular weight excluding hydrogens is 452 g/mol. The van der Waals surface area contributed by atoms with Crippen LogP contribution in [0.15, 0.2) is 53.5 Å². The van der Waals surface area contributed by atoms with Crippen LogP contribution in [0.3, 0.4) is 0 Å². The Morgan fingerprint density at radius 1 is 1.12 bits per heavy atom. The second kappa shape index (κ2) is 9.82. The number of aryl methyl sites for hydroxylation is 1. The number of ether oxygens (including phenoxy) is 1. The van der Waals surface area contributed by atoms with Crippen molar-refractivity contribution in [1.82, 2.24) is 9.29 Å². The van der Waals surface area contributed by atoms with E-state index >= 15 is 0 Å². The Hall–Kier alpha value is -3.08. The van der Waals surface area contributed by atoms with E-state index in [0.717, 1.165) is 30.5 Å². The summed E-state index contributed by atoms with van der Waals surface area (Å²) >= 11 is -2.12. The molecule has 1 saturated carbocycles. The predicted octanol–water partition coefficient (Wildman–Crippen LogP) is 3.97. The zero-order valence-corrected chi connectivity index (χ0v) is 18.6. The molecule has 1 heterocycles. The highest BCUT2D eigenvalue weighted by molar-refractivity contribution is 7.77. The van der Waals surface area contributed by atoms with Gasteiger partial charge in [0, 0.05) is 54.8 Å². The molecule has 10 heteroatoms. The van der Waals surface area contributed by atoms with E-state index in [2.05, 4.69) is 10.0 Å². The first-order valence-electron chi connectivity index (χ1n) is 10.4. The molecule has 0 bridgehead atoms. The van der Waals surface area contributed by atoms with Crippen LogP contribution in [0.1, 0.15) is 18.4 Å². The van der Waals surface area contributed by atoms with Gasteiger partial charge in [-0.2, -0.15) is 0 Å². The van der Waals surface area contributed by atoms with Crippen LogP contribution < -0.4 is 20.3 Å². The highest BCUT2D eigenvalue weighted by atomic mass is 32.2. The maximum Gasteiger partial charge on any atom is 0.252 e. The van der Waals surface area contributed by atoms with Crippen LogP contribution in [0.25, 0.3) is 11.1 Å². The van der Waals surface area contributed by atoms with Crippen molar-refractivity contribution < 1.29 is 22.3 Å². The molecule has 1 aliphatic rings. The number of aromatic nitrogens is 1. The van der Waals surface area contributed by atoms with Crippen LogP contribution >= 0.6 is 0 Å². The Balaban J connectivity index is 1.78. The second-order valence-electron chi connectivity index (χ2n) is 7.87. The molecule has 1 atom stereocenters. The Morgan fingerprint density at radius 3 is 2.58 bits per heavy atom. The van der Waals surface area contributed by atoms with Crippen LogP contribution in [0.4, 0.5) is 14.5 Å². The normalized spacial score (nSPS) is 14.2. The van der Waals surface area contributed by atoms with Crippen LogP contribution in [0.5, 0.6) is 11.5 Å². The fourth-order valence-electron chi connectivity index (χ4n) is 3.40. The fraction of sp³-hybridized carbons (Fsp3) is 0.261. The Labute approximate surface area is 191 Å². The number of nitrogens with one attached hydrogen (secondary N) is 2. The van der Waals surface area contributed by atoms with E-state index in [4.69, 9.17) is 9.29 Å². The number of rotatable bonds is 9.